The summed E-state index contributed by atoms with van der Waals surface area (Å²) in [7, 11) is 1.66. The Morgan fingerprint density at radius 1 is 1.56 bits per heavy atom. The molecular weight excluding hydrogens is 210 g/mol. The monoisotopic (exact) mass is 227 g/mol. The number of methoxy groups -OCH3 is 1. The second kappa shape index (κ2) is 4.48. The number of hydrogen-bond acceptors (Lipinski definition) is 6. The van der Waals surface area contributed by atoms with Crippen LogP contribution in [0.25, 0.3) is 0 Å². The lowest BCUT2D eigenvalue weighted by atomic mass is 10.0. The summed E-state index contributed by atoms with van der Waals surface area (Å²) >= 11 is 0. The first-order valence-electron chi connectivity index (χ1n) is 5.47. The number of ether oxygens (including phenoxy) is 1. The fourth-order valence-electron chi connectivity index (χ4n) is 2.11. The fraction of sp³-hybridized carbons (Fsp3) is 0.800. The van der Waals surface area contributed by atoms with Crippen LogP contribution < -0.4 is 5.73 Å². The average Bonchev–Trinajstić information content (AvgIpc) is 2.96. The molecule has 0 amide bonds. The molecule has 0 saturated heterocycles. The van der Waals surface area contributed by atoms with Crippen molar-refractivity contribution in [2.45, 2.75) is 37.3 Å². The minimum atomic E-state index is -0.614. The Morgan fingerprint density at radius 2 is 2.25 bits per heavy atom. The maximum atomic E-state index is 8.90. The molecule has 6 heteroatoms. The molecule has 6 nitrogen and oxygen atoms in total. The Hall–Kier alpha value is -0.980. The van der Waals surface area contributed by atoms with Crippen molar-refractivity contribution in [3.63, 3.8) is 0 Å². The summed E-state index contributed by atoms with van der Waals surface area (Å²) in [4.78, 5) is 4.22. The summed E-state index contributed by atoms with van der Waals surface area (Å²) in [5, 5.41) is 12.8. The molecule has 3 N–H and O–H groups in total. The van der Waals surface area contributed by atoms with Crippen molar-refractivity contribution < 1.29 is 14.4 Å². The average molecular weight is 227 g/mol. The minimum absolute atomic E-state index is 0.207. The first-order valence-corrected chi connectivity index (χ1v) is 5.47. The van der Waals surface area contributed by atoms with Gasteiger partial charge < -0.3 is 20.1 Å². The quantitative estimate of drug-likeness (QED) is 0.776. The molecule has 1 heterocycles. The van der Waals surface area contributed by atoms with Crippen LogP contribution in [-0.2, 0) is 10.3 Å². The molecule has 90 valence electrons. The van der Waals surface area contributed by atoms with Gasteiger partial charge in [-0.25, -0.2) is 0 Å². The molecule has 1 aromatic heterocycles. The standard InChI is InChI=1S/C10H17N3O3/c1-15-10(4-2-3-5-10)9-12-8(16-13-9)7(11)6-14/h7,14H,2-6,11H2,1H3. The minimum Gasteiger partial charge on any atom is -0.394 e. The van der Waals surface area contributed by atoms with Crippen molar-refractivity contribution in [1.82, 2.24) is 10.1 Å². The van der Waals surface area contributed by atoms with Crippen LogP contribution >= 0.6 is 0 Å². The number of aromatic nitrogens is 2. The third kappa shape index (κ3) is 1.83. The zero-order chi connectivity index (χ0) is 11.6. The Morgan fingerprint density at radius 3 is 2.81 bits per heavy atom. The molecule has 0 bridgehead atoms. The summed E-state index contributed by atoms with van der Waals surface area (Å²) < 4.78 is 10.6. The number of nitrogens with two attached hydrogens (primary N) is 1. The summed E-state index contributed by atoms with van der Waals surface area (Å²) in [5.74, 6) is 0.812. The summed E-state index contributed by atoms with van der Waals surface area (Å²) in [6, 6.07) is -0.614. The van der Waals surface area contributed by atoms with Crippen LogP contribution in [0, 0.1) is 0 Å². The van der Waals surface area contributed by atoms with Crippen LogP contribution in [0.3, 0.4) is 0 Å². The topological polar surface area (TPSA) is 94.4 Å². The highest BCUT2D eigenvalue weighted by Gasteiger charge is 2.40. The molecule has 1 unspecified atom stereocenters. The Balaban J connectivity index is 2.23. The van der Waals surface area contributed by atoms with Gasteiger partial charge in [0.05, 0.1) is 6.61 Å². The van der Waals surface area contributed by atoms with Crippen molar-refractivity contribution in [3.8, 4) is 0 Å². The number of aliphatic hydroxyl groups excluding tert-OH is 1. The van der Waals surface area contributed by atoms with Crippen molar-refractivity contribution >= 4 is 0 Å². The van der Waals surface area contributed by atoms with Gasteiger partial charge in [-0.3, -0.25) is 0 Å². The van der Waals surface area contributed by atoms with Gasteiger partial charge in [0.25, 0.3) is 0 Å². The van der Waals surface area contributed by atoms with E-state index in [0.717, 1.165) is 25.7 Å². The first kappa shape index (κ1) is 11.5. The summed E-state index contributed by atoms with van der Waals surface area (Å²) in [5.41, 5.74) is 5.18. The maximum Gasteiger partial charge on any atom is 0.246 e. The third-order valence-electron chi connectivity index (χ3n) is 3.17. The number of nitrogens with zero attached hydrogens (tertiary/aromatic N) is 2. The molecule has 1 atom stereocenters. The fourth-order valence-corrected chi connectivity index (χ4v) is 2.11. The van der Waals surface area contributed by atoms with E-state index in [-0.39, 0.29) is 12.5 Å². The Kier molecular flexibility index (Phi) is 3.22. The smallest absolute Gasteiger partial charge is 0.246 e. The highest BCUT2D eigenvalue weighted by atomic mass is 16.5. The van der Waals surface area contributed by atoms with E-state index >= 15 is 0 Å². The second-order valence-electron chi connectivity index (χ2n) is 4.15. The lowest BCUT2D eigenvalue weighted by Gasteiger charge is -2.22. The SMILES string of the molecule is COC1(c2noc(C(N)CO)n2)CCCC1. The van der Waals surface area contributed by atoms with E-state index in [1.807, 2.05) is 0 Å². The van der Waals surface area contributed by atoms with Crippen LogP contribution in [0.15, 0.2) is 4.52 Å². The normalized spacial score (nSPS) is 21.2. The Bertz CT molecular complexity index is 347. The van der Waals surface area contributed by atoms with Crippen LogP contribution in [0.5, 0.6) is 0 Å². The van der Waals surface area contributed by atoms with Gasteiger partial charge in [-0.1, -0.05) is 5.16 Å². The molecule has 16 heavy (non-hydrogen) atoms. The first-order chi connectivity index (χ1) is 7.72. The van der Waals surface area contributed by atoms with Crippen LogP contribution in [-0.4, -0.2) is 29.0 Å². The van der Waals surface area contributed by atoms with Crippen molar-refractivity contribution in [2.24, 2.45) is 5.73 Å². The molecule has 1 fully saturated rings. The van der Waals surface area contributed by atoms with Gasteiger partial charge in [-0.2, -0.15) is 4.98 Å². The van der Waals surface area contributed by atoms with Crippen molar-refractivity contribution in [1.29, 1.82) is 0 Å². The van der Waals surface area contributed by atoms with Gasteiger partial charge in [-0.15, -0.1) is 0 Å². The molecule has 1 aromatic rings. The van der Waals surface area contributed by atoms with E-state index in [2.05, 4.69) is 10.1 Å². The second-order valence-corrected chi connectivity index (χ2v) is 4.15. The zero-order valence-electron chi connectivity index (χ0n) is 9.35. The highest BCUT2D eigenvalue weighted by Crippen LogP contribution is 2.40. The van der Waals surface area contributed by atoms with Crippen molar-refractivity contribution in [3.05, 3.63) is 11.7 Å². The lowest BCUT2D eigenvalue weighted by Crippen LogP contribution is -2.26. The van der Waals surface area contributed by atoms with Crippen LogP contribution in [0.2, 0.25) is 0 Å². The molecule has 0 aromatic carbocycles. The van der Waals surface area contributed by atoms with Gasteiger partial charge >= 0.3 is 0 Å². The molecule has 2 rings (SSSR count). The number of rotatable bonds is 4. The van der Waals surface area contributed by atoms with Gasteiger partial charge in [0.2, 0.25) is 11.7 Å². The summed E-state index contributed by atoms with van der Waals surface area (Å²) in [6.45, 7) is -0.207. The van der Waals surface area contributed by atoms with E-state index in [4.69, 9.17) is 20.1 Å². The predicted octanol–water partition coefficient (Wildman–Crippen LogP) is 0.477. The summed E-state index contributed by atoms with van der Waals surface area (Å²) in [6.07, 6.45) is 4.00. The van der Waals surface area contributed by atoms with E-state index in [0.29, 0.717) is 5.82 Å². The molecule has 1 aliphatic carbocycles. The van der Waals surface area contributed by atoms with Crippen molar-refractivity contribution in [2.75, 3.05) is 13.7 Å². The molecule has 0 radical (unpaired) electrons. The predicted molar refractivity (Wildman–Crippen MR) is 55.5 cm³/mol. The number of hydrogen-bond donors (Lipinski definition) is 2. The van der Waals surface area contributed by atoms with Gasteiger partial charge in [-0.05, 0) is 25.7 Å². The lowest BCUT2D eigenvalue weighted by molar-refractivity contribution is -0.0178. The van der Waals surface area contributed by atoms with E-state index in [9.17, 15) is 0 Å². The van der Waals surface area contributed by atoms with E-state index in [1.54, 1.807) is 7.11 Å². The van der Waals surface area contributed by atoms with E-state index < -0.39 is 11.6 Å². The Labute approximate surface area is 93.8 Å². The van der Waals surface area contributed by atoms with Crippen LogP contribution in [0.1, 0.15) is 43.4 Å². The largest absolute Gasteiger partial charge is 0.394 e. The zero-order valence-corrected chi connectivity index (χ0v) is 9.35. The maximum absolute atomic E-state index is 8.90. The highest BCUT2D eigenvalue weighted by molar-refractivity contribution is 5.05. The molecule has 0 aliphatic heterocycles. The molecular formula is C10H17N3O3. The molecule has 1 saturated carbocycles. The van der Waals surface area contributed by atoms with Gasteiger partial charge in [0, 0.05) is 7.11 Å². The third-order valence-corrected chi connectivity index (χ3v) is 3.17. The van der Waals surface area contributed by atoms with Crippen LogP contribution in [0.4, 0.5) is 0 Å². The number of aliphatic hydroxyl groups is 1. The van der Waals surface area contributed by atoms with Gasteiger partial charge in [0.1, 0.15) is 11.6 Å². The van der Waals surface area contributed by atoms with Gasteiger partial charge in [0.15, 0.2) is 0 Å². The molecule has 0 spiro atoms. The van der Waals surface area contributed by atoms with E-state index in [1.165, 1.54) is 0 Å². The molecule has 1 aliphatic rings.